The Kier molecular flexibility index (Phi) is 4.41. The summed E-state index contributed by atoms with van der Waals surface area (Å²) in [5, 5.41) is 4.14. The lowest BCUT2D eigenvalue weighted by atomic mass is 10.2. The van der Waals surface area contributed by atoms with Crippen LogP contribution in [0.25, 0.3) is 5.69 Å². The van der Waals surface area contributed by atoms with Crippen LogP contribution >= 0.6 is 24.0 Å². The molecule has 0 saturated heterocycles. The zero-order chi connectivity index (χ0) is 14.7. The number of benzene rings is 1. The molecule has 0 radical (unpaired) electrons. The van der Waals surface area contributed by atoms with Crippen molar-refractivity contribution in [3.63, 3.8) is 0 Å². The van der Waals surface area contributed by atoms with Gasteiger partial charge in [0, 0.05) is 16.7 Å². The number of hydrogen-bond donors (Lipinski definition) is 2. The van der Waals surface area contributed by atoms with E-state index in [9.17, 15) is 4.79 Å². The molecule has 0 aliphatic rings. The Hall–Kier alpha value is -1.86. The van der Waals surface area contributed by atoms with E-state index in [0.29, 0.717) is 4.99 Å². The minimum Gasteiger partial charge on any atom is -0.389 e. The summed E-state index contributed by atoms with van der Waals surface area (Å²) >= 11 is 6.79. The van der Waals surface area contributed by atoms with Gasteiger partial charge in [-0.2, -0.15) is 5.10 Å². The maximum Gasteiger partial charge on any atom is 0.269 e. The average molecular weight is 306 g/mol. The Morgan fingerprint density at radius 2 is 2.15 bits per heavy atom. The van der Waals surface area contributed by atoms with Crippen LogP contribution in [-0.2, 0) is 0 Å². The molecule has 5 nitrogen and oxygen atoms in total. The van der Waals surface area contributed by atoms with Crippen molar-refractivity contribution in [2.75, 3.05) is 5.75 Å². The van der Waals surface area contributed by atoms with Gasteiger partial charge in [0.2, 0.25) is 0 Å². The number of carbonyl (C=O) groups excluding carboxylic acids is 1. The van der Waals surface area contributed by atoms with Gasteiger partial charge in [-0.05, 0) is 24.0 Å². The number of thioether (sulfide) groups is 1. The number of rotatable bonds is 5. The molecule has 1 aromatic carbocycles. The second-order valence-electron chi connectivity index (χ2n) is 3.96. The maximum atomic E-state index is 11.1. The molecule has 4 N–H and O–H groups in total. The first kappa shape index (κ1) is 14.5. The van der Waals surface area contributed by atoms with E-state index >= 15 is 0 Å². The largest absolute Gasteiger partial charge is 0.389 e. The molecule has 104 valence electrons. The molecule has 0 aliphatic heterocycles. The first-order chi connectivity index (χ1) is 9.54. The Morgan fingerprint density at radius 3 is 2.70 bits per heavy atom. The lowest BCUT2D eigenvalue weighted by Crippen LogP contribution is -2.16. The summed E-state index contributed by atoms with van der Waals surface area (Å²) in [7, 11) is 0. The number of thiocarbonyl (C=S) groups is 1. The van der Waals surface area contributed by atoms with Gasteiger partial charge in [0.15, 0.2) is 0 Å². The number of nitrogens with two attached hydrogens (primary N) is 2. The summed E-state index contributed by atoms with van der Waals surface area (Å²) < 4.78 is 1.56. The molecule has 1 aromatic heterocycles. The van der Waals surface area contributed by atoms with Crippen LogP contribution in [0, 0.1) is 0 Å². The standard InChI is InChI=1S/C13H14N4OS2/c1-2-20-10-5-3-4-9(11(10)13(15)19)17-7-6-8(16-17)12(14)18/h3-7H,2H2,1H3,(H2,14,18)(H2,15,19). The SMILES string of the molecule is CCSc1cccc(-n2ccc(C(N)=O)n2)c1C(N)=S. The van der Waals surface area contributed by atoms with E-state index in [-0.39, 0.29) is 5.69 Å². The number of nitrogens with zero attached hydrogens (tertiary/aromatic N) is 2. The molecular formula is C13H14N4OS2. The van der Waals surface area contributed by atoms with E-state index < -0.39 is 5.91 Å². The third kappa shape index (κ3) is 2.83. The highest BCUT2D eigenvalue weighted by atomic mass is 32.2. The molecule has 0 bridgehead atoms. The van der Waals surface area contributed by atoms with Crippen molar-refractivity contribution in [1.82, 2.24) is 9.78 Å². The van der Waals surface area contributed by atoms with E-state index in [1.807, 2.05) is 18.2 Å². The van der Waals surface area contributed by atoms with Crippen LogP contribution in [-0.4, -0.2) is 26.4 Å². The van der Waals surface area contributed by atoms with Gasteiger partial charge in [0.25, 0.3) is 5.91 Å². The fourth-order valence-electron chi connectivity index (χ4n) is 1.82. The van der Waals surface area contributed by atoms with Crippen LogP contribution in [0.2, 0.25) is 0 Å². The fraction of sp³-hybridized carbons (Fsp3) is 0.154. The van der Waals surface area contributed by atoms with Crippen molar-refractivity contribution in [1.29, 1.82) is 0 Å². The van der Waals surface area contributed by atoms with Gasteiger partial charge in [-0.15, -0.1) is 11.8 Å². The van der Waals surface area contributed by atoms with E-state index in [1.165, 1.54) is 0 Å². The molecule has 0 unspecified atom stereocenters. The smallest absolute Gasteiger partial charge is 0.269 e. The number of amides is 1. The van der Waals surface area contributed by atoms with Gasteiger partial charge >= 0.3 is 0 Å². The van der Waals surface area contributed by atoms with Gasteiger partial charge in [0.1, 0.15) is 10.7 Å². The highest BCUT2D eigenvalue weighted by Gasteiger charge is 2.14. The van der Waals surface area contributed by atoms with E-state index in [0.717, 1.165) is 21.9 Å². The molecule has 7 heteroatoms. The second-order valence-corrected chi connectivity index (χ2v) is 5.70. The zero-order valence-corrected chi connectivity index (χ0v) is 12.5. The average Bonchev–Trinajstić information content (AvgIpc) is 2.88. The van der Waals surface area contributed by atoms with Crippen molar-refractivity contribution in [2.45, 2.75) is 11.8 Å². The normalized spacial score (nSPS) is 10.4. The summed E-state index contributed by atoms with van der Waals surface area (Å²) in [6.45, 7) is 2.06. The zero-order valence-electron chi connectivity index (χ0n) is 10.9. The van der Waals surface area contributed by atoms with Crippen LogP contribution in [0.5, 0.6) is 0 Å². The summed E-state index contributed by atoms with van der Waals surface area (Å²) in [6.07, 6.45) is 1.66. The van der Waals surface area contributed by atoms with Crippen molar-refractivity contribution in [3.8, 4) is 5.69 Å². The quantitative estimate of drug-likeness (QED) is 0.649. The highest BCUT2D eigenvalue weighted by molar-refractivity contribution is 7.99. The molecule has 2 aromatic rings. The Morgan fingerprint density at radius 1 is 1.40 bits per heavy atom. The van der Waals surface area contributed by atoms with Crippen molar-refractivity contribution in [2.24, 2.45) is 11.5 Å². The lowest BCUT2D eigenvalue weighted by Gasteiger charge is -2.12. The van der Waals surface area contributed by atoms with Gasteiger partial charge < -0.3 is 11.5 Å². The Bertz CT molecular complexity index is 666. The predicted octanol–water partition coefficient (Wildman–Crippen LogP) is 1.72. The van der Waals surface area contributed by atoms with E-state index in [2.05, 4.69) is 12.0 Å². The molecule has 1 heterocycles. The van der Waals surface area contributed by atoms with Crippen LogP contribution in [0.3, 0.4) is 0 Å². The maximum absolute atomic E-state index is 11.1. The second kappa shape index (κ2) is 6.06. The minimum absolute atomic E-state index is 0.201. The molecule has 0 aliphatic carbocycles. The molecule has 0 saturated carbocycles. The molecule has 0 atom stereocenters. The topological polar surface area (TPSA) is 86.9 Å². The van der Waals surface area contributed by atoms with Gasteiger partial charge in [-0.1, -0.05) is 25.2 Å². The summed E-state index contributed by atoms with van der Waals surface area (Å²) in [4.78, 5) is 12.4. The number of hydrogen-bond acceptors (Lipinski definition) is 4. The Labute approximate surface area is 126 Å². The molecule has 2 rings (SSSR count). The van der Waals surface area contributed by atoms with Gasteiger partial charge in [-0.3, -0.25) is 4.79 Å². The van der Waals surface area contributed by atoms with Crippen LogP contribution < -0.4 is 11.5 Å². The number of carbonyl (C=O) groups is 1. The number of primary amides is 1. The van der Waals surface area contributed by atoms with Crippen LogP contribution in [0.1, 0.15) is 23.0 Å². The van der Waals surface area contributed by atoms with Gasteiger partial charge in [-0.25, -0.2) is 4.68 Å². The lowest BCUT2D eigenvalue weighted by molar-refractivity contribution is 0.0995. The third-order valence-electron chi connectivity index (χ3n) is 2.64. The highest BCUT2D eigenvalue weighted by Crippen LogP contribution is 2.27. The monoisotopic (exact) mass is 306 g/mol. The first-order valence-electron chi connectivity index (χ1n) is 5.96. The fourth-order valence-corrected chi connectivity index (χ4v) is 2.95. The summed E-state index contributed by atoms with van der Waals surface area (Å²) in [5.41, 5.74) is 12.7. The molecule has 1 amide bonds. The number of aromatic nitrogens is 2. The van der Waals surface area contributed by atoms with Crippen molar-refractivity contribution < 1.29 is 4.79 Å². The predicted molar refractivity (Wildman–Crippen MR) is 84.4 cm³/mol. The van der Waals surface area contributed by atoms with Crippen molar-refractivity contribution in [3.05, 3.63) is 41.7 Å². The van der Waals surface area contributed by atoms with E-state index in [1.54, 1.807) is 28.7 Å². The molecule has 20 heavy (non-hydrogen) atoms. The molecular weight excluding hydrogens is 292 g/mol. The molecule has 0 spiro atoms. The minimum atomic E-state index is -0.570. The van der Waals surface area contributed by atoms with Gasteiger partial charge in [0.05, 0.1) is 5.69 Å². The van der Waals surface area contributed by atoms with Crippen LogP contribution in [0.15, 0.2) is 35.4 Å². The molecule has 0 fully saturated rings. The first-order valence-corrected chi connectivity index (χ1v) is 7.35. The Balaban J connectivity index is 2.57. The summed E-state index contributed by atoms with van der Waals surface area (Å²) in [6, 6.07) is 7.28. The van der Waals surface area contributed by atoms with Crippen LogP contribution in [0.4, 0.5) is 0 Å². The van der Waals surface area contributed by atoms with Crippen molar-refractivity contribution >= 4 is 34.9 Å². The van der Waals surface area contributed by atoms with E-state index in [4.69, 9.17) is 23.7 Å². The third-order valence-corrected chi connectivity index (χ3v) is 3.78. The summed E-state index contributed by atoms with van der Waals surface area (Å²) in [5.74, 6) is 0.338.